The maximum atomic E-state index is 12.1. The highest BCUT2D eigenvalue weighted by atomic mass is 35.5. The molecule has 0 saturated heterocycles. The smallest absolute Gasteiger partial charge is 0.230 e. The number of thioether (sulfide) groups is 1. The molecule has 1 aliphatic heterocycles. The van der Waals surface area contributed by atoms with Gasteiger partial charge in [-0.1, -0.05) is 17.7 Å². The topological polar surface area (TPSA) is 47.6 Å². The molecule has 2 aromatic rings. The maximum absolute atomic E-state index is 12.1. The second-order valence-electron chi connectivity index (χ2n) is 5.43. The SMILES string of the molecule is C[C@@H](NC(=O)CSc1ccc(Cl)cc1)c1ccc2c(c1)OCCO2. The van der Waals surface area contributed by atoms with Crippen LogP contribution in [0.25, 0.3) is 0 Å². The first-order chi connectivity index (χ1) is 11.6. The van der Waals surface area contributed by atoms with E-state index in [0.29, 0.717) is 24.0 Å². The molecule has 4 nitrogen and oxygen atoms in total. The predicted molar refractivity (Wildman–Crippen MR) is 96.2 cm³/mol. The molecule has 3 rings (SSSR count). The maximum Gasteiger partial charge on any atom is 0.230 e. The van der Waals surface area contributed by atoms with Gasteiger partial charge < -0.3 is 14.8 Å². The molecule has 0 spiro atoms. The first kappa shape index (κ1) is 17.0. The van der Waals surface area contributed by atoms with Crippen molar-refractivity contribution < 1.29 is 14.3 Å². The number of fused-ring (bicyclic) bond motifs is 1. The quantitative estimate of drug-likeness (QED) is 0.813. The van der Waals surface area contributed by atoms with Crippen molar-refractivity contribution in [2.75, 3.05) is 19.0 Å². The second kappa shape index (κ2) is 7.81. The van der Waals surface area contributed by atoms with Gasteiger partial charge >= 0.3 is 0 Å². The van der Waals surface area contributed by atoms with E-state index in [4.69, 9.17) is 21.1 Å². The van der Waals surface area contributed by atoms with Crippen molar-refractivity contribution in [1.29, 1.82) is 0 Å². The van der Waals surface area contributed by atoms with Gasteiger partial charge in [-0.05, 0) is 48.9 Å². The van der Waals surface area contributed by atoms with Crippen molar-refractivity contribution in [3.8, 4) is 11.5 Å². The van der Waals surface area contributed by atoms with E-state index in [-0.39, 0.29) is 11.9 Å². The molecule has 2 aromatic carbocycles. The Morgan fingerprint density at radius 1 is 1.17 bits per heavy atom. The van der Waals surface area contributed by atoms with E-state index in [1.807, 2.05) is 49.4 Å². The predicted octanol–water partition coefficient (Wildman–Crippen LogP) is 4.08. The molecule has 0 radical (unpaired) electrons. The molecule has 0 fully saturated rings. The van der Waals surface area contributed by atoms with Crippen LogP contribution in [0.3, 0.4) is 0 Å². The third-order valence-electron chi connectivity index (χ3n) is 3.63. The fraction of sp³-hybridized carbons (Fsp3) is 0.278. The number of amides is 1. The Bertz CT molecular complexity index is 721. The van der Waals surface area contributed by atoms with E-state index in [2.05, 4.69) is 5.32 Å². The van der Waals surface area contributed by atoms with E-state index < -0.39 is 0 Å². The summed E-state index contributed by atoms with van der Waals surface area (Å²) in [6.07, 6.45) is 0. The van der Waals surface area contributed by atoms with Crippen LogP contribution < -0.4 is 14.8 Å². The van der Waals surface area contributed by atoms with E-state index in [0.717, 1.165) is 22.0 Å². The highest BCUT2D eigenvalue weighted by molar-refractivity contribution is 8.00. The summed E-state index contributed by atoms with van der Waals surface area (Å²) in [5.41, 5.74) is 0.990. The molecule has 0 unspecified atom stereocenters. The summed E-state index contributed by atoms with van der Waals surface area (Å²) < 4.78 is 11.1. The molecule has 126 valence electrons. The van der Waals surface area contributed by atoms with E-state index >= 15 is 0 Å². The summed E-state index contributed by atoms with van der Waals surface area (Å²) in [6.45, 7) is 3.08. The molecular weight excluding hydrogens is 346 g/mol. The van der Waals surface area contributed by atoms with Crippen LogP contribution in [0.15, 0.2) is 47.4 Å². The number of hydrogen-bond donors (Lipinski definition) is 1. The van der Waals surface area contributed by atoms with Crippen LogP contribution in [-0.2, 0) is 4.79 Å². The zero-order valence-corrected chi connectivity index (χ0v) is 14.8. The standard InChI is InChI=1S/C18H18ClNO3S/c1-12(13-2-7-16-17(10-13)23-9-8-22-16)20-18(21)11-24-15-5-3-14(19)4-6-15/h2-7,10,12H,8-9,11H2,1H3,(H,20,21)/t12-/m1/s1. The first-order valence-corrected chi connectivity index (χ1v) is 9.05. The third kappa shape index (κ3) is 4.36. The Morgan fingerprint density at radius 2 is 1.88 bits per heavy atom. The van der Waals surface area contributed by atoms with Gasteiger partial charge in [0.1, 0.15) is 13.2 Å². The number of carbonyl (C=O) groups excluding carboxylic acids is 1. The lowest BCUT2D eigenvalue weighted by molar-refractivity contribution is -0.119. The minimum atomic E-state index is -0.0980. The van der Waals surface area contributed by atoms with E-state index in [1.54, 1.807) is 0 Å². The summed E-state index contributed by atoms with van der Waals surface area (Å²) in [5.74, 6) is 1.82. The largest absolute Gasteiger partial charge is 0.486 e. The van der Waals surface area contributed by atoms with Crippen LogP contribution in [0.1, 0.15) is 18.5 Å². The van der Waals surface area contributed by atoms with Gasteiger partial charge in [-0.2, -0.15) is 0 Å². The molecule has 1 aliphatic rings. The summed E-state index contributed by atoms with van der Waals surface area (Å²) >= 11 is 7.34. The summed E-state index contributed by atoms with van der Waals surface area (Å²) in [5, 5.41) is 3.69. The Labute approximate surface area is 150 Å². The van der Waals surface area contributed by atoms with Gasteiger partial charge in [0.25, 0.3) is 0 Å². The molecule has 1 amide bonds. The van der Waals surface area contributed by atoms with Crippen LogP contribution in [0.4, 0.5) is 0 Å². The molecule has 1 N–H and O–H groups in total. The molecule has 0 aromatic heterocycles. The van der Waals surface area contributed by atoms with Gasteiger partial charge in [-0.3, -0.25) is 4.79 Å². The Hall–Kier alpha value is -1.85. The summed E-state index contributed by atoms with van der Waals surface area (Å²) in [7, 11) is 0. The van der Waals surface area contributed by atoms with Crippen molar-refractivity contribution in [1.82, 2.24) is 5.32 Å². The Kier molecular flexibility index (Phi) is 5.53. The first-order valence-electron chi connectivity index (χ1n) is 7.69. The molecular formula is C18H18ClNO3S. The monoisotopic (exact) mass is 363 g/mol. The molecule has 0 aliphatic carbocycles. The average Bonchev–Trinajstić information content (AvgIpc) is 2.61. The lowest BCUT2D eigenvalue weighted by Crippen LogP contribution is -2.28. The number of ether oxygens (including phenoxy) is 2. The van der Waals surface area contributed by atoms with E-state index in [9.17, 15) is 4.79 Å². The van der Waals surface area contributed by atoms with Crippen LogP contribution in [0.2, 0.25) is 5.02 Å². The van der Waals surface area contributed by atoms with Crippen LogP contribution >= 0.6 is 23.4 Å². The third-order valence-corrected chi connectivity index (χ3v) is 4.89. The summed E-state index contributed by atoms with van der Waals surface area (Å²) in [6, 6.07) is 13.1. The lowest BCUT2D eigenvalue weighted by atomic mass is 10.1. The van der Waals surface area contributed by atoms with Gasteiger partial charge in [0, 0.05) is 9.92 Å². The normalized spacial score (nSPS) is 14.1. The fourth-order valence-corrected chi connectivity index (χ4v) is 3.21. The van der Waals surface area contributed by atoms with E-state index in [1.165, 1.54) is 11.8 Å². The van der Waals surface area contributed by atoms with Gasteiger partial charge in [0.2, 0.25) is 5.91 Å². The fourth-order valence-electron chi connectivity index (χ4n) is 2.38. The molecule has 0 saturated carbocycles. The molecule has 6 heteroatoms. The number of halogens is 1. The number of hydrogen-bond acceptors (Lipinski definition) is 4. The van der Waals surface area contributed by atoms with Gasteiger partial charge in [-0.25, -0.2) is 0 Å². The molecule has 1 atom stereocenters. The average molecular weight is 364 g/mol. The zero-order valence-electron chi connectivity index (χ0n) is 13.3. The van der Waals surface area contributed by atoms with Crippen molar-refractivity contribution in [3.05, 3.63) is 53.1 Å². The molecule has 24 heavy (non-hydrogen) atoms. The van der Waals surface area contributed by atoms with Crippen LogP contribution in [0, 0.1) is 0 Å². The number of benzene rings is 2. The Balaban J connectivity index is 1.55. The number of nitrogens with one attached hydrogen (secondary N) is 1. The van der Waals surface area contributed by atoms with Gasteiger partial charge in [0.15, 0.2) is 11.5 Å². The highest BCUT2D eigenvalue weighted by Crippen LogP contribution is 2.32. The molecule has 0 bridgehead atoms. The Morgan fingerprint density at radius 3 is 2.62 bits per heavy atom. The second-order valence-corrected chi connectivity index (χ2v) is 6.92. The van der Waals surface area contributed by atoms with Crippen LogP contribution in [0.5, 0.6) is 11.5 Å². The van der Waals surface area contributed by atoms with Crippen molar-refractivity contribution >= 4 is 29.3 Å². The van der Waals surface area contributed by atoms with Crippen LogP contribution in [-0.4, -0.2) is 24.9 Å². The summed E-state index contributed by atoms with van der Waals surface area (Å²) in [4.78, 5) is 13.2. The van der Waals surface area contributed by atoms with Gasteiger partial charge in [0.05, 0.1) is 11.8 Å². The number of carbonyl (C=O) groups is 1. The van der Waals surface area contributed by atoms with Gasteiger partial charge in [-0.15, -0.1) is 11.8 Å². The van der Waals surface area contributed by atoms with Crippen molar-refractivity contribution in [2.45, 2.75) is 17.9 Å². The number of rotatable bonds is 5. The minimum absolute atomic E-state index is 0.0164. The zero-order chi connectivity index (χ0) is 16.9. The minimum Gasteiger partial charge on any atom is -0.486 e. The highest BCUT2D eigenvalue weighted by Gasteiger charge is 2.15. The van der Waals surface area contributed by atoms with Crippen molar-refractivity contribution in [3.63, 3.8) is 0 Å². The molecule has 1 heterocycles. The lowest BCUT2D eigenvalue weighted by Gasteiger charge is -2.21. The van der Waals surface area contributed by atoms with Crippen molar-refractivity contribution in [2.24, 2.45) is 0 Å².